The quantitative estimate of drug-likeness (QED) is 0.160. The average molecular weight is 510 g/mol. The van der Waals surface area contributed by atoms with Crippen LogP contribution in [0.4, 0.5) is 13.2 Å². The molecule has 0 aliphatic carbocycles. The van der Waals surface area contributed by atoms with Gasteiger partial charge in [0, 0.05) is 32.9 Å². The van der Waals surface area contributed by atoms with Crippen LogP contribution in [0.5, 0.6) is 0 Å². The lowest BCUT2D eigenvalue weighted by molar-refractivity contribution is -0.137. The molecule has 0 bridgehead atoms. The summed E-state index contributed by atoms with van der Waals surface area (Å²) in [6, 6.07) is 5.45. The predicted molar refractivity (Wildman–Crippen MR) is 127 cm³/mol. The van der Waals surface area contributed by atoms with Crippen LogP contribution >= 0.6 is 34.7 Å². The lowest BCUT2D eigenvalue weighted by atomic mass is 10.1. The lowest BCUT2D eigenvalue weighted by Crippen LogP contribution is -2.09. The molecule has 3 heterocycles. The molecule has 0 amide bonds. The van der Waals surface area contributed by atoms with Crippen molar-refractivity contribution >= 4 is 50.7 Å². The fourth-order valence-electron chi connectivity index (χ4n) is 3.78. The molecule has 10 heteroatoms. The largest absolute Gasteiger partial charge is 0.417 e. The zero-order valence-electron chi connectivity index (χ0n) is 18.2. The number of fused-ring (bicyclic) bond motifs is 1. The topological polar surface area (TPSA) is 47.8 Å². The van der Waals surface area contributed by atoms with Crippen molar-refractivity contribution in [2.24, 2.45) is 0 Å². The van der Waals surface area contributed by atoms with Gasteiger partial charge in [0.25, 0.3) is 0 Å². The average Bonchev–Trinajstić information content (AvgIpc) is 3.21. The van der Waals surface area contributed by atoms with E-state index in [4.69, 9.17) is 11.6 Å². The molecule has 172 valence electrons. The number of halogens is 4. The fourth-order valence-corrected chi connectivity index (χ4v) is 6.01. The molecule has 0 N–H and O–H groups in total. The van der Waals surface area contributed by atoms with E-state index in [2.05, 4.69) is 9.97 Å². The molecule has 0 fully saturated rings. The zero-order valence-corrected chi connectivity index (χ0v) is 20.6. The van der Waals surface area contributed by atoms with Gasteiger partial charge >= 0.3 is 6.18 Å². The van der Waals surface area contributed by atoms with Crippen molar-refractivity contribution in [1.29, 1.82) is 0 Å². The van der Waals surface area contributed by atoms with Gasteiger partial charge in [-0.25, -0.2) is 9.97 Å². The normalized spacial score (nSPS) is 12.0. The number of carbonyl (C=O) groups is 1. The van der Waals surface area contributed by atoms with Gasteiger partial charge in [0.15, 0.2) is 5.78 Å². The Morgan fingerprint density at radius 3 is 2.58 bits per heavy atom. The Hall–Kier alpha value is -2.36. The highest BCUT2D eigenvalue weighted by Crippen LogP contribution is 2.37. The number of aromatic nitrogens is 3. The van der Waals surface area contributed by atoms with Gasteiger partial charge in [-0.15, -0.1) is 11.3 Å². The van der Waals surface area contributed by atoms with Crippen LogP contribution in [0.1, 0.15) is 37.7 Å². The first-order valence-electron chi connectivity index (χ1n) is 9.91. The molecule has 33 heavy (non-hydrogen) atoms. The van der Waals surface area contributed by atoms with Crippen molar-refractivity contribution in [3.8, 4) is 5.69 Å². The predicted octanol–water partition coefficient (Wildman–Crippen LogP) is 7.36. The minimum absolute atomic E-state index is 0.124. The number of Topliss-reactive ketones (excluding diaryl/α,β-unsaturated/α-hetero) is 1. The maximum absolute atomic E-state index is 13.3. The first kappa shape index (κ1) is 23.8. The maximum Gasteiger partial charge on any atom is 0.417 e. The van der Waals surface area contributed by atoms with Crippen LogP contribution in [0.15, 0.2) is 35.6 Å². The van der Waals surface area contributed by atoms with Crippen molar-refractivity contribution in [1.82, 2.24) is 14.5 Å². The van der Waals surface area contributed by atoms with E-state index in [1.165, 1.54) is 30.2 Å². The lowest BCUT2D eigenvalue weighted by Gasteiger charge is -2.14. The molecule has 0 atom stereocenters. The second-order valence-corrected chi connectivity index (χ2v) is 10.2. The van der Waals surface area contributed by atoms with Crippen LogP contribution < -0.4 is 0 Å². The van der Waals surface area contributed by atoms with E-state index in [1.54, 1.807) is 35.8 Å². The smallest absolute Gasteiger partial charge is 0.318 e. The van der Waals surface area contributed by atoms with Crippen molar-refractivity contribution in [2.45, 2.75) is 38.9 Å². The molecule has 0 saturated heterocycles. The highest BCUT2D eigenvalue weighted by molar-refractivity contribution is 8.00. The Bertz CT molecular complexity index is 1390. The maximum atomic E-state index is 13.3. The highest BCUT2D eigenvalue weighted by atomic mass is 35.5. The van der Waals surface area contributed by atoms with Crippen molar-refractivity contribution in [3.63, 3.8) is 0 Å². The molecule has 3 aromatic heterocycles. The van der Waals surface area contributed by atoms with Crippen LogP contribution in [0, 0.1) is 27.7 Å². The fraction of sp³-hybridized carbons (Fsp3) is 0.261. The summed E-state index contributed by atoms with van der Waals surface area (Å²) in [6.07, 6.45) is -3.08. The number of carbonyl (C=O) groups excluding carboxylic acids is 1. The monoisotopic (exact) mass is 509 g/mol. The molecule has 0 aliphatic rings. The first-order valence-corrected chi connectivity index (χ1v) is 12.1. The summed E-state index contributed by atoms with van der Waals surface area (Å²) in [7, 11) is 0. The third-order valence-corrected chi connectivity index (χ3v) is 7.95. The van der Waals surface area contributed by atoms with E-state index in [0.717, 1.165) is 31.7 Å². The molecule has 4 aromatic rings. The van der Waals surface area contributed by atoms with Crippen LogP contribution in [0.3, 0.4) is 0 Å². The van der Waals surface area contributed by atoms with Crippen LogP contribution in [0.25, 0.3) is 15.9 Å². The van der Waals surface area contributed by atoms with Gasteiger partial charge < -0.3 is 4.57 Å². The number of thioether (sulfide) groups is 1. The summed E-state index contributed by atoms with van der Waals surface area (Å²) < 4.78 is 41.6. The SMILES string of the molecule is Cc1sc2ncnc(SCC(=O)c3cc(C)n(-c4ccc(Cl)c(C(F)(F)F)c4)c3C)c2c1C. The van der Waals surface area contributed by atoms with E-state index in [0.29, 0.717) is 22.6 Å². The second-order valence-electron chi connectivity index (χ2n) is 7.64. The number of rotatable bonds is 5. The molecule has 1 aromatic carbocycles. The Morgan fingerprint density at radius 2 is 1.88 bits per heavy atom. The summed E-state index contributed by atoms with van der Waals surface area (Å²) >= 11 is 8.69. The standard InChI is InChI=1S/C23H19ClF3N3OS2/c1-11-7-16(13(3)30(11)15-5-6-18(24)17(8-15)23(25,26)27)19(31)9-32-21-20-12(2)14(4)33-22(20)29-10-28-21/h5-8,10H,9H2,1-4H3. The van der Waals surface area contributed by atoms with E-state index in [1.807, 2.05) is 13.8 Å². The van der Waals surface area contributed by atoms with Gasteiger partial charge in [0.1, 0.15) is 16.2 Å². The Balaban J connectivity index is 1.63. The molecule has 0 unspecified atom stereocenters. The van der Waals surface area contributed by atoms with Gasteiger partial charge in [0.05, 0.1) is 16.3 Å². The van der Waals surface area contributed by atoms with Crippen molar-refractivity contribution in [3.05, 3.63) is 68.6 Å². The van der Waals surface area contributed by atoms with E-state index in [-0.39, 0.29) is 16.6 Å². The van der Waals surface area contributed by atoms with E-state index >= 15 is 0 Å². The summed E-state index contributed by atoms with van der Waals surface area (Å²) in [5, 5.41) is 1.34. The second kappa shape index (κ2) is 8.77. The summed E-state index contributed by atoms with van der Waals surface area (Å²) in [4.78, 5) is 23.8. The minimum atomic E-state index is -4.57. The molecule has 4 rings (SSSR count). The Morgan fingerprint density at radius 1 is 1.15 bits per heavy atom. The van der Waals surface area contributed by atoms with Crippen molar-refractivity contribution in [2.75, 3.05) is 5.75 Å². The number of hydrogen-bond donors (Lipinski definition) is 0. The third-order valence-electron chi connectivity index (χ3n) is 5.52. The number of ketones is 1. The zero-order chi connectivity index (χ0) is 24.1. The minimum Gasteiger partial charge on any atom is -0.318 e. The van der Waals surface area contributed by atoms with Crippen molar-refractivity contribution < 1.29 is 18.0 Å². The van der Waals surface area contributed by atoms with Gasteiger partial charge in [-0.05, 0) is 57.5 Å². The van der Waals surface area contributed by atoms with Crippen LogP contribution in [0.2, 0.25) is 5.02 Å². The van der Waals surface area contributed by atoms with Gasteiger partial charge in [0.2, 0.25) is 0 Å². The van der Waals surface area contributed by atoms with E-state index in [9.17, 15) is 18.0 Å². The molecular formula is C23H19ClF3N3OS2. The summed E-state index contributed by atoms with van der Waals surface area (Å²) in [5.41, 5.74) is 2.19. The number of aryl methyl sites for hydroxylation is 3. The van der Waals surface area contributed by atoms with Gasteiger partial charge in [-0.2, -0.15) is 13.2 Å². The molecule has 4 nitrogen and oxygen atoms in total. The van der Waals surface area contributed by atoms with Gasteiger partial charge in [-0.1, -0.05) is 23.4 Å². The van der Waals surface area contributed by atoms with Gasteiger partial charge in [-0.3, -0.25) is 4.79 Å². The summed E-state index contributed by atoms with van der Waals surface area (Å²) in [6.45, 7) is 7.52. The molecule has 0 saturated carbocycles. The van der Waals surface area contributed by atoms with Crippen LogP contribution in [-0.4, -0.2) is 26.1 Å². The van der Waals surface area contributed by atoms with E-state index < -0.39 is 11.7 Å². The molecule has 0 radical (unpaired) electrons. The number of benzene rings is 1. The highest BCUT2D eigenvalue weighted by Gasteiger charge is 2.33. The molecular weight excluding hydrogens is 491 g/mol. The number of alkyl halides is 3. The Kier molecular flexibility index (Phi) is 6.32. The third kappa shape index (κ3) is 4.41. The summed E-state index contributed by atoms with van der Waals surface area (Å²) in [5.74, 6) is 0.0276. The Labute approximate surface area is 201 Å². The number of hydrogen-bond acceptors (Lipinski definition) is 5. The molecule has 0 spiro atoms. The number of nitrogens with zero attached hydrogens (tertiary/aromatic N) is 3. The molecule has 0 aliphatic heterocycles. The number of thiophene rings is 1. The van der Waals surface area contributed by atoms with Crippen LogP contribution in [-0.2, 0) is 6.18 Å². The first-order chi connectivity index (χ1) is 15.5.